The third kappa shape index (κ3) is 2.52. The van der Waals surface area contributed by atoms with E-state index < -0.39 is 15.0 Å². The van der Waals surface area contributed by atoms with Gasteiger partial charge in [0.1, 0.15) is 4.83 Å². The van der Waals surface area contributed by atoms with Crippen molar-refractivity contribution >= 4 is 38.5 Å². The second-order valence-electron chi connectivity index (χ2n) is 2.52. The third-order valence-electron chi connectivity index (χ3n) is 1.60. The van der Waals surface area contributed by atoms with E-state index in [2.05, 4.69) is 15.9 Å². The van der Waals surface area contributed by atoms with Crippen LogP contribution in [0.4, 0.5) is 5.69 Å². The van der Waals surface area contributed by atoms with Crippen LogP contribution in [0.3, 0.4) is 0 Å². The summed E-state index contributed by atoms with van der Waals surface area (Å²) in [6.07, 6.45) is 0. The van der Waals surface area contributed by atoms with Crippen molar-refractivity contribution in [3.05, 3.63) is 39.9 Å². The van der Waals surface area contributed by atoms with Gasteiger partial charge in [-0.1, -0.05) is 28.1 Å². The molecule has 1 aromatic carbocycles. The summed E-state index contributed by atoms with van der Waals surface area (Å²) < 4.78 is 0. The lowest BCUT2D eigenvalue weighted by Crippen LogP contribution is -1.98. The van der Waals surface area contributed by atoms with Crippen LogP contribution < -0.4 is 0 Å². The molecule has 0 saturated heterocycles. The Morgan fingerprint density at radius 3 is 2.29 bits per heavy atom. The van der Waals surface area contributed by atoms with Gasteiger partial charge in [0.15, 0.2) is 0 Å². The van der Waals surface area contributed by atoms with Gasteiger partial charge in [0, 0.05) is 12.1 Å². The number of nitro benzene ring substituents is 1. The fourth-order valence-corrected chi connectivity index (χ4v) is 1.33. The SMILES string of the molecule is O=C(Cl)C(Br)c1ccc([N+](=O)[O-])cc1. The average molecular weight is 278 g/mol. The molecule has 1 unspecified atom stereocenters. The second kappa shape index (κ2) is 4.52. The summed E-state index contributed by atoms with van der Waals surface area (Å²) in [7, 11) is 0. The second-order valence-corrected chi connectivity index (χ2v) is 3.80. The Balaban J connectivity index is 2.94. The van der Waals surface area contributed by atoms with Gasteiger partial charge in [0.2, 0.25) is 5.24 Å². The van der Waals surface area contributed by atoms with Gasteiger partial charge in [-0.3, -0.25) is 14.9 Å². The fraction of sp³-hybridized carbons (Fsp3) is 0.125. The van der Waals surface area contributed by atoms with Gasteiger partial charge in [-0.2, -0.15) is 0 Å². The Morgan fingerprint density at radius 1 is 1.43 bits per heavy atom. The number of carbonyl (C=O) groups is 1. The van der Waals surface area contributed by atoms with Gasteiger partial charge in [0.25, 0.3) is 5.69 Å². The summed E-state index contributed by atoms with van der Waals surface area (Å²) in [6.45, 7) is 0. The topological polar surface area (TPSA) is 60.2 Å². The number of non-ortho nitro benzene ring substituents is 1. The largest absolute Gasteiger partial charge is 0.280 e. The van der Waals surface area contributed by atoms with E-state index in [0.29, 0.717) is 5.56 Å². The first kappa shape index (κ1) is 11.1. The summed E-state index contributed by atoms with van der Waals surface area (Å²) in [5.41, 5.74) is 0.575. The summed E-state index contributed by atoms with van der Waals surface area (Å²) >= 11 is 8.31. The van der Waals surface area contributed by atoms with E-state index in [1.54, 1.807) is 0 Å². The van der Waals surface area contributed by atoms with Crippen LogP contribution in [0.25, 0.3) is 0 Å². The van der Waals surface area contributed by atoms with E-state index in [9.17, 15) is 14.9 Å². The molecule has 0 aromatic heterocycles. The Labute approximate surface area is 93.1 Å². The first-order chi connectivity index (χ1) is 6.52. The van der Waals surface area contributed by atoms with Gasteiger partial charge in [-0.25, -0.2) is 0 Å². The van der Waals surface area contributed by atoms with Crippen LogP contribution in [0.15, 0.2) is 24.3 Å². The Bertz CT molecular complexity index is 365. The van der Waals surface area contributed by atoms with E-state index in [0.717, 1.165) is 0 Å². The molecule has 0 aliphatic carbocycles. The summed E-state index contributed by atoms with van der Waals surface area (Å²) in [5.74, 6) is 0. The number of alkyl halides is 1. The molecular weight excluding hydrogens is 273 g/mol. The minimum Gasteiger partial charge on any atom is -0.280 e. The molecule has 0 radical (unpaired) electrons. The third-order valence-corrected chi connectivity index (χ3v) is 3.02. The molecule has 1 atom stereocenters. The Morgan fingerprint density at radius 2 is 1.93 bits per heavy atom. The highest BCUT2D eigenvalue weighted by Crippen LogP contribution is 2.26. The average Bonchev–Trinajstić information content (AvgIpc) is 2.16. The number of nitrogens with zero attached hydrogens (tertiary/aromatic N) is 1. The van der Waals surface area contributed by atoms with Crippen molar-refractivity contribution in [2.75, 3.05) is 0 Å². The first-order valence-electron chi connectivity index (χ1n) is 3.60. The molecule has 0 bridgehead atoms. The monoisotopic (exact) mass is 277 g/mol. The molecule has 4 nitrogen and oxygen atoms in total. The van der Waals surface area contributed by atoms with Crippen LogP contribution in [-0.4, -0.2) is 10.2 Å². The van der Waals surface area contributed by atoms with Crippen molar-refractivity contribution in [1.82, 2.24) is 0 Å². The van der Waals surface area contributed by atoms with Crippen molar-refractivity contribution in [3.63, 3.8) is 0 Å². The van der Waals surface area contributed by atoms with E-state index in [1.807, 2.05) is 0 Å². The van der Waals surface area contributed by atoms with Crippen LogP contribution in [0.5, 0.6) is 0 Å². The number of hydrogen-bond acceptors (Lipinski definition) is 3. The van der Waals surface area contributed by atoms with Gasteiger partial charge in [0.05, 0.1) is 4.92 Å². The zero-order valence-electron chi connectivity index (χ0n) is 6.81. The zero-order valence-corrected chi connectivity index (χ0v) is 9.16. The number of hydrogen-bond donors (Lipinski definition) is 0. The highest BCUT2D eigenvalue weighted by atomic mass is 79.9. The molecule has 0 spiro atoms. The van der Waals surface area contributed by atoms with Crippen molar-refractivity contribution in [1.29, 1.82) is 0 Å². The van der Waals surface area contributed by atoms with Crippen LogP contribution in [0.2, 0.25) is 0 Å². The maximum absolute atomic E-state index is 10.7. The van der Waals surface area contributed by atoms with Crippen molar-refractivity contribution < 1.29 is 9.72 Å². The molecule has 0 fully saturated rings. The van der Waals surface area contributed by atoms with E-state index >= 15 is 0 Å². The van der Waals surface area contributed by atoms with Gasteiger partial charge in [-0.15, -0.1) is 0 Å². The Hall–Kier alpha value is -0.940. The molecule has 1 aromatic rings. The van der Waals surface area contributed by atoms with E-state index in [1.165, 1.54) is 24.3 Å². The predicted octanol–water partition coefficient (Wildman–Crippen LogP) is 2.80. The molecule has 0 aliphatic rings. The summed E-state index contributed by atoms with van der Waals surface area (Å²) in [5, 5.41) is 9.76. The quantitative estimate of drug-likeness (QED) is 0.370. The zero-order chi connectivity index (χ0) is 10.7. The highest BCUT2D eigenvalue weighted by Gasteiger charge is 2.15. The number of nitro groups is 1. The molecular formula is C8H5BrClNO3. The molecule has 1 rings (SSSR count). The molecule has 0 amide bonds. The van der Waals surface area contributed by atoms with Gasteiger partial charge in [-0.05, 0) is 17.2 Å². The number of rotatable bonds is 3. The lowest BCUT2D eigenvalue weighted by Gasteiger charge is -2.03. The molecule has 14 heavy (non-hydrogen) atoms. The van der Waals surface area contributed by atoms with Gasteiger partial charge < -0.3 is 0 Å². The summed E-state index contributed by atoms with van der Waals surface area (Å²) in [6, 6.07) is 5.61. The van der Waals surface area contributed by atoms with E-state index in [-0.39, 0.29) is 5.69 Å². The van der Waals surface area contributed by atoms with Gasteiger partial charge >= 0.3 is 0 Å². The van der Waals surface area contributed by atoms with Crippen LogP contribution in [-0.2, 0) is 4.79 Å². The summed E-state index contributed by atoms with van der Waals surface area (Å²) in [4.78, 5) is 19.9. The lowest BCUT2D eigenvalue weighted by atomic mass is 10.1. The van der Waals surface area contributed by atoms with Crippen molar-refractivity contribution in [3.8, 4) is 0 Å². The van der Waals surface area contributed by atoms with Crippen molar-refractivity contribution in [2.24, 2.45) is 0 Å². The number of benzene rings is 1. The first-order valence-corrected chi connectivity index (χ1v) is 4.89. The molecule has 0 N–H and O–H groups in total. The van der Waals surface area contributed by atoms with E-state index in [4.69, 9.17) is 11.6 Å². The standard InChI is InChI=1S/C8H5BrClNO3/c9-7(8(10)12)5-1-3-6(4-2-5)11(13)14/h1-4,7H. The molecule has 0 heterocycles. The maximum atomic E-state index is 10.7. The lowest BCUT2D eigenvalue weighted by molar-refractivity contribution is -0.384. The molecule has 74 valence electrons. The van der Waals surface area contributed by atoms with Crippen LogP contribution >= 0.6 is 27.5 Å². The highest BCUT2D eigenvalue weighted by molar-refractivity contribution is 9.09. The minimum absolute atomic E-state index is 0.0181. The van der Waals surface area contributed by atoms with Crippen LogP contribution in [0.1, 0.15) is 10.4 Å². The van der Waals surface area contributed by atoms with Crippen LogP contribution in [0, 0.1) is 10.1 Å². The number of halogens is 2. The smallest absolute Gasteiger partial charge is 0.269 e. The molecule has 6 heteroatoms. The fourth-order valence-electron chi connectivity index (χ4n) is 0.896. The minimum atomic E-state index is -0.620. The molecule has 0 aliphatic heterocycles. The van der Waals surface area contributed by atoms with Crippen molar-refractivity contribution in [2.45, 2.75) is 4.83 Å². The normalized spacial score (nSPS) is 12.1. The number of carbonyl (C=O) groups excluding carboxylic acids is 1. The maximum Gasteiger partial charge on any atom is 0.269 e. The predicted molar refractivity (Wildman–Crippen MR) is 55.6 cm³/mol. The molecule has 0 saturated carbocycles. The Kier molecular flexibility index (Phi) is 3.60.